The summed E-state index contributed by atoms with van der Waals surface area (Å²) < 4.78 is 4.97. The van der Waals surface area contributed by atoms with E-state index in [1.807, 2.05) is 0 Å². The molecule has 3 heteroatoms. The van der Waals surface area contributed by atoms with Gasteiger partial charge in [-0.15, -0.1) is 0 Å². The number of hydrogen-bond donors (Lipinski definition) is 1. The zero-order chi connectivity index (χ0) is 15.2. The first-order chi connectivity index (χ1) is 10.3. The normalized spacial score (nSPS) is 11.1. The van der Waals surface area contributed by atoms with Crippen LogP contribution in [0.25, 0.3) is 0 Å². The summed E-state index contributed by atoms with van der Waals surface area (Å²) in [6.07, 6.45) is 18.6. The fourth-order valence-electron chi connectivity index (χ4n) is 2.74. The first-order valence-electron chi connectivity index (χ1n) is 8.97. The highest BCUT2D eigenvalue weighted by atomic mass is 16.5. The van der Waals surface area contributed by atoms with Crippen LogP contribution in [0.5, 0.6) is 5.88 Å². The van der Waals surface area contributed by atoms with Crippen LogP contribution in [0.1, 0.15) is 96.2 Å². The van der Waals surface area contributed by atoms with E-state index in [0.29, 0.717) is 0 Å². The Morgan fingerprint density at radius 2 is 1.29 bits per heavy atom. The van der Waals surface area contributed by atoms with Crippen LogP contribution >= 0.6 is 0 Å². The maximum atomic E-state index is 9.05. The van der Waals surface area contributed by atoms with Crippen molar-refractivity contribution >= 4 is 0 Å². The molecule has 0 radical (unpaired) electrons. The molecule has 3 nitrogen and oxygen atoms in total. The van der Waals surface area contributed by atoms with Crippen LogP contribution in [-0.4, -0.2) is 10.3 Å². The number of aromatic hydroxyl groups is 1. The molecule has 0 saturated heterocycles. The average molecular weight is 295 g/mol. The molecule has 0 unspecified atom stereocenters. The van der Waals surface area contributed by atoms with Crippen molar-refractivity contribution in [3.05, 3.63) is 11.8 Å². The van der Waals surface area contributed by atoms with Crippen LogP contribution in [0, 0.1) is 0 Å². The van der Waals surface area contributed by atoms with Gasteiger partial charge in [-0.1, -0.05) is 84.0 Å². The van der Waals surface area contributed by atoms with Crippen molar-refractivity contribution < 1.29 is 9.63 Å². The van der Waals surface area contributed by atoms with Crippen LogP contribution in [0.3, 0.4) is 0 Å². The van der Waals surface area contributed by atoms with E-state index in [4.69, 9.17) is 9.63 Å². The highest BCUT2D eigenvalue weighted by molar-refractivity contribution is 5.08. The third kappa shape index (κ3) is 10.4. The molecule has 21 heavy (non-hydrogen) atoms. The molecule has 0 spiro atoms. The summed E-state index contributed by atoms with van der Waals surface area (Å²) in [4.78, 5) is 0. The lowest BCUT2D eigenvalue weighted by Crippen LogP contribution is -1.85. The molecule has 1 N–H and O–H groups in total. The number of hydrogen-bond acceptors (Lipinski definition) is 3. The maximum Gasteiger partial charge on any atom is 0.251 e. The molecular formula is C18H33NO2. The topological polar surface area (TPSA) is 46.3 Å². The minimum atomic E-state index is -0.000283. The van der Waals surface area contributed by atoms with Crippen LogP contribution in [0.15, 0.2) is 10.6 Å². The van der Waals surface area contributed by atoms with E-state index >= 15 is 0 Å². The quantitative estimate of drug-likeness (QED) is 0.427. The van der Waals surface area contributed by atoms with Gasteiger partial charge in [0.1, 0.15) is 5.76 Å². The molecule has 122 valence electrons. The van der Waals surface area contributed by atoms with Crippen molar-refractivity contribution in [2.75, 3.05) is 0 Å². The summed E-state index contributed by atoms with van der Waals surface area (Å²) in [5, 5.41) is 12.5. The molecule has 1 aromatic rings. The van der Waals surface area contributed by atoms with Crippen LogP contribution in [0.4, 0.5) is 0 Å². The Morgan fingerprint density at radius 1 is 0.810 bits per heavy atom. The molecular weight excluding hydrogens is 262 g/mol. The number of unbranched alkanes of at least 4 members (excludes halogenated alkanes) is 12. The van der Waals surface area contributed by atoms with Crippen LogP contribution in [-0.2, 0) is 6.42 Å². The molecule has 1 rings (SSSR count). The number of aromatic nitrogens is 1. The molecule has 1 heterocycles. The molecule has 0 aliphatic heterocycles. The summed E-state index contributed by atoms with van der Waals surface area (Å²) in [6, 6.07) is 1.61. The van der Waals surface area contributed by atoms with E-state index in [-0.39, 0.29) is 5.88 Å². The second kappa shape index (κ2) is 12.7. The van der Waals surface area contributed by atoms with E-state index in [9.17, 15) is 0 Å². The third-order valence-corrected chi connectivity index (χ3v) is 4.07. The zero-order valence-electron chi connectivity index (χ0n) is 13.8. The Bertz CT molecular complexity index is 336. The molecule has 0 bridgehead atoms. The predicted molar refractivity (Wildman–Crippen MR) is 87.6 cm³/mol. The minimum Gasteiger partial charge on any atom is -0.491 e. The number of nitrogens with zero attached hydrogens (tertiary/aromatic N) is 1. The lowest BCUT2D eigenvalue weighted by Gasteiger charge is -2.02. The van der Waals surface area contributed by atoms with Gasteiger partial charge in [0.2, 0.25) is 0 Å². The van der Waals surface area contributed by atoms with Crippen molar-refractivity contribution in [1.29, 1.82) is 0 Å². The second-order valence-electron chi connectivity index (χ2n) is 6.14. The van der Waals surface area contributed by atoms with Gasteiger partial charge in [0.05, 0.1) is 0 Å². The van der Waals surface area contributed by atoms with Gasteiger partial charge in [0.25, 0.3) is 5.88 Å². The van der Waals surface area contributed by atoms with Crippen molar-refractivity contribution in [1.82, 2.24) is 5.16 Å². The molecule has 0 fully saturated rings. The molecule has 1 aromatic heterocycles. The second-order valence-corrected chi connectivity index (χ2v) is 6.14. The van der Waals surface area contributed by atoms with Crippen molar-refractivity contribution in [2.24, 2.45) is 0 Å². The Kier molecular flexibility index (Phi) is 10.9. The van der Waals surface area contributed by atoms with Gasteiger partial charge in [-0.3, -0.25) is 0 Å². The third-order valence-electron chi connectivity index (χ3n) is 4.07. The summed E-state index contributed by atoms with van der Waals surface area (Å²) >= 11 is 0. The highest BCUT2D eigenvalue weighted by Crippen LogP contribution is 2.15. The zero-order valence-corrected chi connectivity index (χ0v) is 13.8. The van der Waals surface area contributed by atoms with E-state index < -0.39 is 0 Å². The Balaban J connectivity index is 1.74. The van der Waals surface area contributed by atoms with Gasteiger partial charge in [-0.25, -0.2) is 0 Å². The molecule has 0 saturated carbocycles. The standard InChI is InChI=1S/C18H33NO2/c1-2-3-4-5-6-7-8-9-10-11-12-13-14-15-17-16-18(20)19-21-17/h16H,2-15H2,1H3,(H,19,20). The maximum absolute atomic E-state index is 9.05. The van der Waals surface area contributed by atoms with Gasteiger partial charge in [0.15, 0.2) is 0 Å². The Hall–Kier alpha value is -0.990. The summed E-state index contributed by atoms with van der Waals surface area (Å²) in [5.74, 6) is 0.801. The fourth-order valence-corrected chi connectivity index (χ4v) is 2.74. The van der Waals surface area contributed by atoms with E-state index in [0.717, 1.165) is 18.6 Å². The van der Waals surface area contributed by atoms with Gasteiger partial charge in [-0.2, -0.15) is 0 Å². The van der Waals surface area contributed by atoms with Gasteiger partial charge in [0, 0.05) is 12.5 Å². The lowest BCUT2D eigenvalue weighted by atomic mass is 10.0. The summed E-state index contributed by atoms with van der Waals surface area (Å²) in [6.45, 7) is 2.27. The van der Waals surface area contributed by atoms with Crippen LogP contribution < -0.4 is 0 Å². The summed E-state index contributed by atoms with van der Waals surface area (Å²) in [5.41, 5.74) is 0. The molecule has 0 amide bonds. The fraction of sp³-hybridized carbons (Fsp3) is 0.833. The molecule has 0 aliphatic carbocycles. The number of rotatable bonds is 14. The van der Waals surface area contributed by atoms with Gasteiger partial charge >= 0.3 is 0 Å². The lowest BCUT2D eigenvalue weighted by molar-refractivity contribution is 0.339. The Labute approximate surface area is 130 Å². The van der Waals surface area contributed by atoms with Crippen molar-refractivity contribution in [3.8, 4) is 5.88 Å². The largest absolute Gasteiger partial charge is 0.491 e. The monoisotopic (exact) mass is 295 g/mol. The van der Waals surface area contributed by atoms with Gasteiger partial charge < -0.3 is 9.63 Å². The summed E-state index contributed by atoms with van der Waals surface area (Å²) in [7, 11) is 0. The Morgan fingerprint density at radius 3 is 1.71 bits per heavy atom. The number of aryl methyl sites for hydroxylation is 1. The minimum absolute atomic E-state index is 0.000283. The SMILES string of the molecule is CCCCCCCCCCCCCCCc1cc(O)no1. The average Bonchev–Trinajstić information content (AvgIpc) is 2.89. The predicted octanol–water partition coefficient (Wildman–Crippen LogP) is 6.01. The van der Waals surface area contributed by atoms with E-state index in [1.54, 1.807) is 6.07 Å². The molecule has 0 aromatic carbocycles. The van der Waals surface area contributed by atoms with E-state index in [2.05, 4.69) is 12.1 Å². The molecule has 0 atom stereocenters. The van der Waals surface area contributed by atoms with Crippen molar-refractivity contribution in [2.45, 2.75) is 96.8 Å². The molecule has 0 aliphatic rings. The van der Waals surface area contributed by atoms with Crippen molar-refractivity contribution in [3.63, 3.8) is 0 Å². The highest BCUT2D eigenvalue weighted by Gasteiger charge is 2.01. The first kappa shape index (κ1) is 18.1. The first-order valence-corrected chi connectivity index (χ1v) is 8.97. The smallest absolute Gasteiger partial charge is 0.251 e. The van der Waals surface area contributed by atoms with E-state index in [1.165, 1.54) is 77.0 Å². The van der Waals surface area contributed by atoms with Gasteiger partial charge in [-0.05, 0) is 11.6 Å². The van der Waals surface area contributed by atoms with Crippen LogP contribution in [0.2, 0.25) is 0 Å².